The Hall–Kier alpha value is -2.62. The number of rotatable bonds is 4. The Labute approximate surface area is 171 Å². The fourth-order valence-electron chi connectivity index (χ4n) is 3.63. The van der Waals surface area contributed by atoms with E-state index < -0.39 is 0 Å². The highest BCUT2D eigenvalue weighted by Crippen LogP contribution is 2.24. The van der Waals surface area contributed by atoms with E-state index in [-0.39, 0.29) is 5.91 Å². The smallest absolute Gasteiger partial charge is 0.255 e. The third-order valence-electron chi connectivity index (χ3n) is 5.16. The van der Waals surface area contributed by atoms with E-state index in [1.54, 1.807) is 0 Å². The zero-order valence-corrected chi connectivity index (χ0v) is 16.7. The Morgan fingerprint density at radius 1 is 1.04 bits per heavy atom. The van der Waals surface area contributed by atoms with Gasteiger partial charge in [-0.25, -0.2) is 0 Å². The SMILES string of the molecule is Cc1ccc(NC(=O)c2cccc(CN3CCc4ccc(Cl)cc4C3)c2)cc1. The molecule has 0 saturated heterocycles. The summed E-state index contributed by atoms with van der Waals surface area (Å²) in [5, 5.41) is 3.76. The van der Waals surface area contributed by atoms with Crippen LogP contribution in [0.4, 0.5) is 5.69 Å². The zero-order valence-electron chi connectivity index (χ0n) is 15.9. The first kappa shape index (κ1) is 18.7. The molecule has 1 N–H and O–H groups in total. The Morgan fingerprint density at radius 2 is 1.86 bits per heavy atom. The third-order valence-corrected chi connectivity index (χ3v) is 5.40. The van der Waals surface area contributed by atoms with Gasteiger partial charge in [-0.05, 0) is 66.4 Å². The third kappa shape index (κ3) is 4.44. The first-order valence-electron chi connectivity index (χ1n) is 9.53. The van der Waals surface area contributed by atoms with Crippen molar-refractivity contribution in [2.24, 2.45) is 0 Å². The molecular weight excluding hydrogens is 368 g/mol. The number of nitrogens with one attached hydrogen (secondary N) is 1. The van der Waals surface area contributed by atoms with E-state index in [0.29, 0.717) is 5.56 Å². The zero-order chi connectivity index (χ0) is 19.5. The van der Waals surface area contributed by atoms with Gasteiger partial charge in [-0.3, -0.25) is 9.69 Å². The number of halogens is 1. The summed E-state index contributed by atoms with van der Waals surface area (Å²) in [5.41, 5.74) is 6.48. The maximum Gasteiger partial charge on any atom is 0.255 e. The van der Waals surface area contributed by atoms with E-state index in [4.69, 9.17) is 11.6 Å². The molecule has 1 aliphatic heterocycles. The average Bonchev–Trinajstić information content (AvgIpc) is 2.69. The van der Waals surface area contributed by atoms with Crippen molar-refractivity contribution < 1.29 is 4.79 Å². The predicted octanol–water partition coefficient (Wildman–Crippen LogP) is 5.46. The fraction of sp³-hybridized carbons (Fsp3) is 0.208. The minimum atomic E-state index is -0.0820. The lowest BCUT2D eigenvalue weighted by Gasteiger charge is -2.29. The lowest BCUT2D eigenvalue weighted by molar-refractivity contribution is 0.102. The highest BCUT2D eigenvalue weighted by Gasteiger charge is 2.17. The van der Waals surface area contributed by atoms with Crippen molar-refractivity contribution in [3.8, 4) is 0 Å². The molecule has 3 aromatic carbocycles. The molecule has 0 saturated carbocycles. The standard InChI is InChI=1S/C24H23ClN2O/c1-17-5-9-23(10-6-17)26-24(28)20-4-2-3-18(13-20)15-27-12-11-19-7-8-22(25)14-21(19)16-27/h2-10,13-14H,11-12,15-16H2,1H3,(H,26,28). The Bertz CT molecular complexity index is 998. The quantitative estimate of drug-likeness (QED) is 0.641. The monoisotopic (exact) mass is 390 g/mol. The number of hydrogen-bond acceptors (Lipinski definition) is 2. The summed E-state index contributed by atoms with van der Waals surface area (Å²) in [6.07, 6.45) is 1.03. The highest BCUT2D eigenvalue weighted by atomic mass is 35.5. The van der Waals surface area contributed by atoms with Crippen molar-refractivity contribution in [1.82, 2.24) is 4.90 Å². The first-order chi connectivity index (χ1) is 13.6. The van der Waals surface area contributed by atoms with Crippen LogP contribution in [0.2, 0.25) is 5.02 Å². The molecule has 0 aromatic heterocycles. The summed E-state index contributed by atoms with van der Waals surface area (Å²) in [5.74, 6) is -0.0820. The number of hydrogen-bond donors (Lipinski definition) is 1. The molecule has 0 unspecified atom stereocenters. The van der Waals surface area contributed by atoms with Crippen LogP contribution in [0.1, 0.15) is 32.6 Å². The summed E-state index contributed by atoms with van der Waals surface area (Å²) in [4.78, 5) is 15.0. The number of anilines is 1. The van der Waals surface area contributed by atoms with E-state index in [1.807, 2.05) is 55.5 Å². The fourth-order valence-corrected chi connectivity index (χ4v) is 3.82. The molecule has 4 rings (SSSR count). The highest BCUT2D eigenvalue weighted by molar-refractivity contribution is 6.30. The predicted molar refractivity (Wildman–Crippen MR) is 115 cm³/mol. The van der Waals surface area contributed by atoms with Gasteiger partial charge in [-0.1, -0.05) is 47.5 Å². The van der Waals surface area contributed by atoms with Crippen molar-refractivity contribution in [2.75, 3.05) is 11.9 Å². The van der Waals surface area contributed by atoms with Crippen molar-refractivity contribution in [3.05, 3.63) is 99.6 Å². The van der Waals surface area contributed by atoms with Gasteiger partial charge in [-0.2, -0.15) is 0 Å². The van der Waals surface area contributed by atoms with Gasteiger partial charge in [0.25, 0.3) is 5.91 Å². The van der Waals surface area contributed by atoms with Crippen molar-refractivity contribution in [1.29, 1.82) is 0 Å². The Balaban J connectivity index is 1.44. The van der Waals surface area contributed by atoms with Crippen LogP contribution in [0.15, 0.2) is 66.7 Å². The van der Waals surface area contributed by atoms with Gasteiger partial charge in [0, 0.05) is 35.9 Å². The molecule has 3 nitrogen and oxygen atoms in total. The number of fused-ring (bicyclic) bond motifs is 1. The minimum absolute atomic E-state index is 0.0820. The molecule has 4 heteroatoms. The summed E-state index contributed by atoms with van der Waals surface area (Å²) < 4.78 is 0. The Kier molecular flexibility index (Phi) is 5.47. The van der Waals surface area contributed by atoms with Crippen molar-refractivity contribution in [3.63, 3.8) is 0 Å². The number of carbonyl (C=O) groups is 1. The van der Waals surface area contributed by atoms with Gasteiger partial charge >= 0.3 is 0 Å². The van der Waals surface area contributed by atoms with Gasteiger partial charge in [-0.15, -0.1) is 0 Å². The molecule has 28 heavy (non-hydrogen) atoms. The second-order valence-corrected chi connectivity index (χ2v) is 7.83. The van der Waals surface area contributed by atoms with Crippen LogP contribution in [-0.4, -0.2) is 17.4 Å². The molecule has 0 spiro atoms. The van der Waals surface area contributed by atoms with Gasteiger partial charge in [0.1, 0.15) is 0 Å². The number of nitrogens with zero attached hydrogens (tertiary/aromatic N) is 1. The van der Waals surface area contributed by atoms with Crippen LogP contribution in [0.3, 0.4) is 0 Å². The van der Waals surface area contributed by atoms with Crippen LogP contribution in [0.5, 0.6) is 0 Å². The van der Waals surface area contributed by atoms with Gasteiger partial charge in [0.15, 0.2) is 0 Å². The maximum atomic E-state index is 12.6. The van der Waals surface area contributed by atoms with E-state index in [0.717, 1.165) is 42.3 Å². The van der Waals surface area contributed by atoms with E-state index in [1.165, 1.54) is 16.7 Å². The molecule has 1 amide bonds. The van der Waals surface area contributed by atoms with Crippen LogP contribution in [0, 0.1) is 6.92 Å². The van der Waals surface area contributed by atoms with E-state index >= 15 is 0 Å². The number of benzene rings is 3. The molecular formula is C24H23ClN2O. The normalized spacial score (nSPS) is 13.8. The number of amides is 1. The van der Waals surface area contributed by atoms with Crippen LogP contribution in [-0.2, 0) is 19.5 Å². The van der Waals surface area contributed by atoms with Crippen LogP contribution in [0.25, 0.3) is 0 Å². The molecule has 0 atom stereocenters. The summed E-state index contributed by atoms with van der Waals surface area (Å²) >= 11 is 6.15. The number of carbonyl (C=O) groups excluding carboxylic acids is 1. The summed E-state index contributed by atoms with van der Waals surface area (Å²) in [7, 11) is 0. The molecule has 0 aliphatic carbocycles. The molecule has 0 bridgehead atoms. The minimum Gasteiger partial charge on any atom is -0.322 e. The molecule has 1 heterocycles. The molecule has 3 aromatic rings. The average molecular weight is 391 g/mol. The van der Waals surface area contributed by atoms with E-state index in [2.05, 4.69) is 28.4 Å². The molecule has 142 valence electrons. The summed E-state index contributed by atoms with van der Waals surface area (Å²) in [6, 6.07) is 21.9. The van der Waals surface area contributed by atoms with Crippen LogP contribution < -0.4 is 5.32 Å². The van der Waals surface area contributed by atoms with Crippen molar-refractivity contribution >= 4 is 23.2 Å². The van der Waals surface area contributed by atoms with Crippen molar-refractivity contribution in [2.45, 2.75) is 26.4 Å². The second-order valence-electron chi connectivity index (χ2n) is 7.39. The first-order valence-corrected chi connectivity index (χ1v) is 9.91. The van der Waals surface area contributed by atoms with Gasteiger partial charge in [0.2, 0.25) is 0 Å². The van der Waals surface area contributed by atoms with E-state index in [9.17, 15) is 4.79 Å². The second kappa shape index (κ2) is 8.17. The molecule has 1 aliphatic rings. The molecule has 0 radical (unpaired) electrons. The van der Waals surface area contributed by atoms with Crippen LogP contribution >= 0.6 is 11.6 Å². The summed E-state index contributed by atoms with van der Waals surface area (Å²) in [6.45, 7) is 4.74. The topological polar surface area (TPSA) is 32.3 Å². The van der Waals surface area contributed by atoms with Gasteiger partial charge in [0.05, 0.1) is 0 Å². The Morgan fingerprint density at radius 3 is 2.68 bits per heavy atom. The van der Waals surface area contributed by atoms with Gasteiger partial charge < -0.3 is 5.32 Å². The molecule has 0 fully saturated rings. The number of aryl methyl sites for hydroxylation is 1. The maximum absolute atomic E-state index is 12.6. The lowest BCUT2D eigenvalue weighted by atomic mass is 9.99. The largest absolute Gasteiger partial charge is 0.322 e. The lowest BCUT2D eigenvalue weighted by Crippen LogP contribution is -2.30.